The number of carbonyl (C=O) groups is 1. The van der Waals surface area contributed by atoms with E-state index in [0.717, 1.165) is 28.8 Å². The van der Waals surface area contributed by atoms with Crippen LogP contribution in [0.3, 0.4) is 0 Å². The molecule has 0 aliphatic heterocycles. The van der Waals surface area contributed by atoms with Crippen molar-refractivity contribution in [3.8, 4) is 0 Å². The fourth-order valence-electron chi connectivity index (χ4n) is 1.86. The number of hydrogen-bond donors (Lipinski definition) is 0. The van der Waals surface area contributed by atoms with Crippen LogP contribution in [-0.4, -0.2) is 13.4 Å². The Morgan fingerprint density at radius 3 is 2.63 bits per heavy atom. The van der Waals surface area contributed by atoms with Crippen LogP contribution in [0, 0.1) is 0 Å². The van der Waals surface area contributed by atoms with E-state index in [2.05, 4.69) is 16.3 Å². The van der Waals surface area contributed by atoms with Gasteiger partial charge in [-0.05, 0) is 40.1 Å². The Labute approximate surface area is 120 Å². The summed E-state index contributed by atoms with van der Waals surface area (Å²) in [6.45, 7) is 0. The van der Waals surface area contributed by atoms with Crippen LogP contribution in [0.4, 0.5) is 0 Å². The molecule has 0 aliphatic carbocycles. The van der Waals surface area contributed by atoms with Crippen molar-refractivity contribution in [2.45, 2.75) is 17.2 Å². The second kappa shape index (κ2) is 7.45. The van der Waals surface area contributed by atoms with Crippen molar-refractivity contribution in [2.75, 3.05) is 7.11 Å². The molecule has 2 rings (SSSR count). The molecule has 1 heterocycles. The Kier molecular flexibility index (Phi) is 5.60. The van der Waals surface area contributed by atoms with Gasteiger partial charge in [0, 0.05) is 17.2 Å². The molecule has 1 aromatic heterocycles. The summed E-state index contributed by atoms with van der Waals surface area (Å²) in [4.78, 5) is 16.4. The first-order valence-corrected chi connectivity index (χ1v) is 7.46. The monoisotopic (exact) mass is 294 g/mol. The van der Waals surface area contributed by atoms with Gasteiger partial charge in [-0.1, -0.05) is 12.1 Å². The average Bonchev–Trinajstić information content (AvgIpc) is 2.97. The van der Waals surface area contributed by atoms with Gasteiger partial charge in [-0.25, -0.2) is 4.89 Å². The van der Waals surface area contributed by atoms with Crippen molar-refractivity contribution >= 4 is 29.7 Å². The number of thiophene rings is 1. The molecule has 0 amide bonds. The predicted octanol–water partition coefficient (Wildman–Crippen LogP) is 4.05. The van der Waals surface area contributed by atoms with Crippen molar-refractivity contribution in [1.29, 1.82) is 0 Å². The summed E-state index contributed by atoms with van der Waals surface area (Å²) >= 11 is 2.81. The molecule has 0 spiro atoms. The van der Waals surface area contributed by atoms with Gasteiger partial charge in [0.05, 0.1) is 19.2 Å². The zero-order valence-corrected chi connectivity index (χ0v) is 12.1. The van der Waals surface area contributed by atoms with E-state index in [0.29, 0.717) is 6.42 Å². The smallest absolute Gasteiger partial charge is 0.120 e. The van der Waals surface area contributed by atoms with Crippen LogP contribution >= 0.6 is 23.4 Å². The van der Waals surface area contributed by atoms with Crippen molar-refractivity contribution in [3.05, 3.63) is 52.2 Å². The molecule has 1 atom stereocenters. The highest BCUT2D eigenvalue weighted by Crippen LogP contribution is 2.30. The third kappa shape index (κ3) is 3.91. The summed E-state index contributed by atoms with van der Waals surface area (Å²) in [5, 5.41) is 4.12. The first-order valence-electron chi connectivity index (χ1n) is 5.78. The van der Waals surface area contributed by atoms with Gasteiger partial charge in [0.1, 0.15) is 6.29 Å². The lowest BCUT2D eigenvalue weighted by molar-refractivity contribution is -0.160. The SMILES string of the molecule is COOSc1ccc([C@@H](CC=O)c2ccsc2)cc1. The molecule has 1 aromatic carbocycles. The lowest BCUT2D eigenvalue weighted by Gasteiger charge is -2.13. The van der Waals surface area contributed by atoms with Gasteiger partial charge < -0.3 is 4.79 Å². The zero-order valence-electron chi connectivity index (χ0n) is 10.4. The third-order valence-corrected chi connectivity index (χ3v) is 4.13. The molecule has 2 aromatic rings. The van der Waals surface area contributed by atoms with Gasteiger partial charge in [0.25, 0.3) is 0 Å². The number of rotatable bonds is 7. The summed E-state index contributed by atoms with van der Waals surface area (Å²) in [5.74, 6) is 0.131. The van der Waals surface area contributed by atoms with Crippen molar-refractivity contribution in [1.82, 2.24) is 0 Å². The number of aldehydes is 1. The van der Waals surface area contributed by atoms with E-state index in [9.17, 15) is 4.79 Å². The number of benzene rings is 1. The Morgan fingerprint density at radius 2 is 2.05 bits per heavy atom. The second-order valence-electron chi connectivity index (χ2n) is 3.90. The number of hydrogen-bond acceptors (Lipinski definition) is 5. The van der Waals surface area contributed by atoms with E-state index in [1.54, 1.807) is 11.3 Å². The molecule has 100 valence electrons. The van der Waals surface area contributed by atoms with Gasteiger partial charge in [-0.2, -0.15) is 15.7 Å². The van der Waals surface area contributed by atoms with Crippen LogP contribution in [0.2, 0.25) is 0 Å². The minimum Gasteiger partial charge on any atom is -0.303 e. The van der Waals surface area contributed by atoms with Crippen molar-refractivity contribution in [3.63, 3.8) is 0 Å². The molecule has 5 heteroatoms. The van der Waals surface area contributed by atoms with E-state index in [4.69, 9.17) is 4.33 Å². The van der Waals surface area contributed by atoms with Crippen LogP contribution in [0.1, 0.15) is 23.5 Å². The fourth-order valence-corrected chi connectivity index (χ4v) is 2.97. The second-order valence-corrected chi connectivity index (χ2v) is 5.45. The molecule has 19 heavy (non-hydrogen) atoms. The largest absolute Gasteiger partial charge is 0.303 e. The molecule has 0 saturated heterocycles. The van der Waals surface area contributed by atoms with Gasteiger partial charge in [-0.3, -0.25) is 0 Å². The molecule has 3 nitrogen and oxygen atoms in total. The Balaban J connectivity index is 2.16. The Morgan fingerprint density at radius 1 is 1.26 bits per heavy atom. The lowest BCUT2D eigenvalue weighted by atomic mass is 9.91. The van der Waals surface area contributed by atoms with Gasteiger partial charge in [0.15, 0.2) is 0 Å². The normalized spacial score (nSPS) is 12.3. The van der Waals surface area contributed by atoms with Gasteiger partial charge in [-0.15, -0.1) is 0 Å². The van der Waals surface area contributed by atoms with Crippen LogP contribution in [-0.2, 0) is 14.0 Å². The highest BCUT2D eigenvalue weighted by atomic mass is 32.2. The van der Waals surface area contributed by atoms with Crippen LogP contribution in [0.5, 0.6) is 0 Å². The average molecular weight is 294 g/mol. The quantitative estimate of drug-likeness (QED) is 0.334. The molecule has 0 saturated carbocycles. The third-order valence-electron chi connectivity index (χ3n) is 2.76. The molecule has 0 N–H and O–H groups in total. The standard InChI is InChI=1S/C14H14O3S2/c1-16-17-19-13-4-2-11(3-5-13)14(6-8-15)12-7-9-18-10-12/h2-5,7-10,14H,6H2,1H3/t14-/m1/s1. The summed E-state index contributed by atoms with van der Waals surface area (Å²) in [6, 6.07) is 10.0. The van der Waals surface area contributed by atoms with E-state index in [1.165, 1.54) is 12.7 Å². The summed E-state index contributed by atoms with van der Waals surface area (Å²) in [7, 11) is 1.47. The van der Waals surface area contributed by atoms with Crippen LogP contribution in [0.25, 0.3) is 0 Å². The summed E-state index contributed by atoms with van der Waals surface area (Å²) < 4.78 is 4.80. The van der Waals surface area contributed by atoms with Crippen molar-refractivity contribution < 1.29 is 14.0 Å². The molecule has 0 bridgehead atoms. The highest BCUT2D eigenvalue weighted by Gasteiger charge is 2.14. The van der Waals surface area contributed by atoms with E-state index >= 15 is 0 Å². The summed E-state index contributed by atoms with van der Waals surface area (Å²) in [5.41, 5.74) is 2.32. The zero-order chi connectivity index (χ0) is 13.5. The first kappa shape index (κ1) is 14.3. The molecular formula is C14H14O3S2. The van der Waals surface area contributed by atoms with E-state index in [1.807, 2.05) is 29.6 Å². The molecule has 0 radical (unpaired) electrons. The predicted molar refractivity (Wildman–Crippen MR) is 77.2 cm³/mol. The highest BCUT2D eigenvalue weighted by molar-refractivity contribution is 7.94. The molecule has 0 aliphatic rings. The fraction of sp³-hybridized carbons (Fsp3) is 0.214. The summed E-state index contributed by atoms with van der Waals surface area (Å²) in [6.07, 6.45) is 1.47. The Hall–Kier alpha value is -1.14. The van der Waals surface area contributed by atoms with E-state index in [-0.39, 0.29) is 5.92 Å². The van der Waals surface area contributed by atoms with Crippen LogP contribution in [0.15, 0.2) is 46.0 Å². The maximum atomic E-state index is 10.9. The minimum absolute atomic E-state index is 0.131. The maximum Gasteiger partial charge on any atom is 0.120 e. The first-order chi connectivity index (χ1) is 9.35. The lowest BCUT2D eigenvalue weighted by Crippen LogP contribution is -2.00. The molecule has 0 unspecified atom stereocenters. The van der Waals surface area contributed by atoms with Gasteiger partial charge >= 0.3 is 0 Å². The van der Waals surface area contributed by atoms with Crippen molar-refractivity contribution in [2.24, 2.45) is 0 Å². The topological polar surface area (TPSA) is 35.5 Å². The number of carbonyl (C=O) groups excluding carboxylic acids is 1. The van der Waals surface area contributed by atoms with Gasteiger partial charge in [0.2, 0.25) is 0 Å². The molecule has 0 fully saturated rings. The maximum absolute atomic E-state index is 10.9. The van der Waals surface area contributed by atoms with E-state index < -0.39 is 0 Å². The van der Waals surface area contributed by atoms with Crippen LogP contribution < -0.4 is 0 Å². The Bertz CT molecular complexity index is 494. The molecular weight excluding hydrogens is 280 g/mol. The minimum atomic E-state index is 0.131.